The number of nitrogens with one attached hydrogen (secondary N) is 1. The fraction of sp³-hybridized carbons (Fsp3) is 0.409. The third-order valence-corrected chi connectivity index (χ3v) is 4.76. The van der Waals surface area contributed by atoms with Crippen LogP contribution in [0.1, 0.15) is 66.6 Å². The Balaban J connectivity index is 0.000000765. The van der Waals surface area contributed by atoms with Crippen LogP contribution in [-0.4, -0.2) is 19.9 Å². The van der Waals surface area contributed by atoms with Crippen molar-refractivity contribution in [2.24, 2.45) is 0 Å². The number of hydrogen-bond donors (Lipinski definition) is 1. The van der Waals surface area contributed by atoms with Crippen LogP contribution in [0.25, 0.3) is 12.2 Å². The van der Waals surface area contributed by atoms with Crippen molar-refractivity contribution >= 4 is 35.5 Å². The average Bonchev–Trinajstić information content (AvgIpc) is 3.15. The number of benzene rings is 1. The first kappa shape index (κ1) is 22.0. The Morgan fingerprint density at radius 3 is 2.31 bits per heavy atom. The second kappa shape index (κ2) is 13.2. The molecule has 1 heterocycles. The van der Waals surface area contributed by atoms with Crippen LogP contribution >= 0.6 is 11.3 Å². The van der Waals surface area contributed by atoms with E-state index >= 15 is 0 Å². The Kier molecular flexibility index (Phi) is 11.1. The van der Waals surface area contributed by atoms with E-state index in [1.165, 1.54) is 30.6 Å². The van der Waals surface area contributed by atoms with Gasteiger partial charge in [0.25, 0.3) is 0 Å². The van der Waals surface area contributed by atoms with Crippen LogP contribution in [0.15, 0.2) is 30.3 Å². The lowest BCUT2D eigenvalue weighted by Gasteiger charge is -2.10. The highest BCUT2D eigenvalue weighted by Gasteiger charge is 2.02. The van der Waals surface area contributed by atoms with E-state index in [9.17, 15) is 4.79 Å². The summed E-state index contributed by atoms with van der Waals surface area (Å²) in [5, 5.41) is 3.39. The molecule has 0 bridgehead atoms. The lowest BCUT2D eigenvalue weighted by molar-refractivity contribution is 0.112. The molecule has 0 saturated heterocycles. The van der Waals surface area contributed by atoms with Crippen molar-refractivity contribution in [2.75, 3.05) is 19.0 Å². The molecule has 0 amide bonds. The van der Waals surface area contributed by atoms with E-state index in [-0.39, 0.29) is 0 Å². The molecular weight excluding hydrogens is 342 g/mol. The number of hydrogen-bond acceptors (Lipinski definition) is 4. The van der Waals surface area contributed by atoms with Crippen LogP contribution in [0.5, 0.6) is 5.75 Å². The molecule has 1 aromatic carbocycles. The Morgan fingerprint density at radius 1 is 1.00 bits per heavy atom. The molecule has 0 radical (unpaired) electrons. The van der Waals surface area contributed by atoms with E-state index in [0.29, 0.717) is 0 Å². The molecule has 0 aliphatic heterocycles. The molecule has 0 aliphatic rings. The van der Waals surface area contributed by atoms with Crippen molar-refractivity contribution in [1.29, 1.82) is 0 Å². The molecule has 0 saturated carbocycles. The zero-order chi connectivity index (χ0) is 19.2. The molecule has 2 aromatic rings. The van der Waals surface area contributed by atoms with Gasteiger partial charge in [-0.15, -0.1) is 11.3 Å². The number of unbranched alkanes of at least 4 members (excludes halogenated alkanes) is 2. The smallest absolute Gasteiger partial charge is 0.160 e. The molecule has 1 aromatic heterocycles. The molecule has 0 atom stereocenters. The summed E-state index contributed by atoms with van der Waals surface area (Å²) in [5.74, 6) is 0.838. The fourth-order valence-corrected chi connectivity index (χ4v) is 2.79. The molecule has 1 N–H and O–H groups in total. The van der Waals surface area contributed by atoms with Crippen molar-refractivity contribution < 1.29 is 9.53 Å². The van der Waals surface area contributed by atoms with Crippen LogP contribution < -0.4 is 10.1 Å². The monoisotopic (exact) mass is 373 g/mol. The highest BCUT2D eigenvalue weighted by atomic mass is 32.1. The second-order valence-corrected chi connectivity index (χ2v) is 7.08. The third-order valence-electron chi connectivity index (χ3n) is 3.78. The molecule has 0 fully saturated rings. The Labute approximate surface area is 162 Å². The number of carbonyl (C=O) groups excluding carboxylic acids is 1. The summed E-state index contributed by atoms with van der Waals surface area (Å²) < 4.78 is 5.46. The molecule has 2 rings (SSSR count). The van der Waals surface area contributed by atoms with Crippen LogP contribution in [0.2, 0.25) is 0 Å². The third kappa shape index (κ3) is 7.87. The first-order chi connectivity index (χ1) is 12.7. The molecule has 4 heteroatoms. The molecule has 3 nitrogen and oxygen atoms in total. The summed E-state index contributed by atoms with van der Waals surface area (Å²) in [4.78, 5) is 12.5. The molecular formula is C22H31NO2S. The van der Waals surface area contributed by atoms with Gasteiger partial charge in [0.05, 0.1) is 12.0 Å². The Morgan fingerprint density at radius 2 is 1.73 bits per heavy atom. The maximum absolute atomic E-state index is 10.7. The first-order valence-electron chi connectivity index (χ1n) is 9.33. The highest BCUT2D eigenvalue weighted by molar-refractivity contribution is 7.14. The predicted octanol–water partition coefficient (Wildman–Crippen LogP) is 6.76. The van der Waals surface area contributed by atoms with E-state index in [4.69, 9.17) is 4.74 Å². The highest BCUT2D eigenvalue weighted by Crippen LogP contribution is 2.26. The summed E-state index contributed by atoms with van der Waals surface area (Å²) in [6, 6.07) is 9.88. The van der Waals surface area contributed by atoms with Gasteiger partial charge in [-0.2, -0.15) is 0 Å². The zero-order valence-electron chi connectivity index (χ0n) is 16.4. The van der Waals surface area contributed by atoms with E-state index in [0.717, 1.165) is 46.0 Å². The zero-order valence-corrected chi connectivity index (χ0v) is 17.2. The van der Waals surface area contributed by atoms with E-state index in [2.05, 4.69) is 32.2 Å². The predicted molar refractivity (Wildman–Crippen MR) is 116 cm³/mol. The maximum Gasteiger partial charge on any atom is 0.160 e. The van der Waals surface area contributed by atoms with Crippen LogP contribution in [-0.2, 0) is 0 Å². The second-order valence-electron chi connectivity index (χ2n) is 5.93. The normalized spacial score (nSPS) is 10.3. The number of rotatable bonds is 9. The Bertz CT molecular complexity index is 675. The SMILES string of the molecule is CCCC.CCCCNc1ccc(/C=C/c2ccc(C=O)s2)c(OC)c1. The summed E-state index contributed by atoms with van der Waals surface area (Å²) in [6.45, 7) is 7.51. The van der Waals surface area contributed by atoms with E-state index in [1.54, 1.807) is 7.11 Å². The fourth-order valence-electron chi connectivity index (χ4n) is 2.06. The van der Waals surface area contributed by atoms with Crippen molar-refractivity contribution in [3.8, 4) is 5.75 Å². The van der Waals surface area contributed by atoms with Crippen molar-refractivity contribution in [3.05, 3.63) is 45.6 Å². The van der Waals surface area contributed by atoms with Gasteiger partial charge in [0.15, 0.2) is 6.29 Å². The van der Waals surface area contributed by atoms with Gasteiger partial charge in [0.2, 0.25) is 0 Å². The summed E-state index contributed by atoms with van der Waals surface area (Å²) in [5.41, 5.74) is 2.09. The molecule has 0 unspecified atom stereocenters. The van der Waals surface area contributed by atoms with Gasteiger partial charge in [0, 0.05) is 28.7 Å². The van der Waals surface area contributed by atoms with Gasteiger partial charge in [0.1, 0.15) is 5.75 Å². The topological polar surface area (TPSA) is 38.3 Å². The summed E-state index contributed by atoms with van der Waals surface area (Å²) in [6.07, 6.45) is 9.85. The van der Waals surface area contributed by atoms with Crippen molar-refractivity contribution in [1.82, 2.24) is 0 Å². The van der Waals surface area contributed by atoms with Crippen LogP contribution in [0.4, 0.5) is 5.69 Å². The van der Waals surface area contributed by atoms with Gasteiger partial charge in [-0.3, -0.25) is 4.79 Å². The number of methoxy groups -OCH3 is 1. The van der Waals surface area contributed by atoms with E-state index in [1.807, 2.05) is 36.4 Å². The number of carbonyl (C=O) groups is 1. The molecule has 0 aliphatic carbocycles. The quantitative estimate of drug-likeness (QED) is 0.390. The lowest BCUT2D eigenvalue weighted by atomic mass is 10.1. The van der Waals surface area contributed by atoms with Gasteiger partial charge < -0.3 is 10.1 Å². The Hall–Kier alpha value is -2.07. The van der Waals surface area contributed by atoms with Crippen molar-refractivity contribution in [3.63, 3.8) is 0 Å². The van der Waals surface area contributed by atoms with Crippen LogP contribution in [0, 0.1) is 0 Å². The molecule has 142 valence electrons. The number of thiophene rings is 1. The minimum absolute atomic E-state index is 0.738. The molecule has 0 spiro atoms. The maximum atomic E-state index is 10.7. The minimum Gasteiger partial charge on any atom is -0.496 e. The minimum atomic E-state index is 0.738. The first-order valence-corrected chi connectivity index (χ1v) is 10.1. The lowest BCUT2D eigenvalue weighted by Crippen LogP contribution is -2.01. The van der Waals surface area contributed by atoms with Gasteiger partial charge in [-0.1, -0.05) is 40.0 Å². The van der Waals surface area contributed by atoms with E-state index < -0.39 is 0 Å². The summed E-state index contributed by atoms with van der Waals surface area (Å²) in [7, 11) is 1.68. The van der Waals surface area contributed by atoms with Gasteiger partial charge in [-0.25, -0.2) is 0 Å². The molecule has 26 heavy (non-hydrogen) atoms. The van der Waals surface area contributed by atoms with Crippen LogP contribution in [0.3, 0.4) is 0 Å². The average molecular weight is 374 g/mol. The standard InChI is InChI=1S/C18H21NO2S.C4H10/c1-3-4-11-19-15-7-5-14(18(12-15)21-2)6-8-16-9-10-17(13-20)22-16;1-3-4-2/h5-10,12-13,19H,3-4,11H2,1-2H3;3-4H2,1-2H3/b8-6+;. The number of aldehydes is 1. The van der Waals surface area contributed by atoms with Gasteiger partial charge >= 0.3 is 0 Å². The van der Waals surface area contributed by atoms with Crippen molar-refractivity contribution in [2.45, 2.75) is 46.5 Å². The number of anilines is 1. The summed E-state index contributed by atoms with van der Waals surface area (Å²) >= 11 is 1.47. The number of ether oxygens (including phenoxy) is 1. The largest absolute Gasteiger partial charge is 0.496 e. The van der Waals surface area contributed by atoms with Gasteiger partial charge in [-0.05, 0) is 42.8 Å².